The highest BCUT2D eigenvalue weighted by Gasteiger charge is 2.38. The molecule has 7 nitrogen and oxygen atoms in total. The zero-order valence-corrected chi connectivity index (χ0v) is 13.9. The van der Waals surface area contributed by atoms with Crippen LogP contribution >= 0.6 is 0 Å². The second-order valence-electron chi connectivity index (χ2n) is 6.59. The van der Waals surface area contributed by atoms with Gasteiger partial charge in [0.05, 0.1) is 25.1 Å². The van der Waals surface area contributed by atoms with Crippen LogP contribution in [0.2, 0.25) is 0 Å². The number of morpholine rings is 1. The summed E-state index contributed by atoms with van der Waals surface area (Å²) in [5.41, 5.74) is 0.808. The third-order valence-electron chi connectivity index (χ3n) is 5.01. The number of urea groups is 1. The molecule has 2 aliphatic rings. The molecule has 0 aromatic carbocycles. The lowest BCUT2D eigenvalue weighted by molar-refractivity contribution is -0.0356. The first kappa shape index (κ1) is 16.3. The second kappa shape index (κ2) is 7.31. The van der Waals surface area contributed by atoms with Crippen LogP contribution in [0.3, 0.4) is 0 Å². The lowest BCUT2D eigenvalue weighted by atomic mass is 9.80. The first-order valence-electron chi connectivity index (χ1n) is 8.54. The molecule has 7 heteroatoms. The summed E-state index contributed by atoms with van der Waals surface area (Å²) in [6.07, 6.45) is 9.52. The summed E-state index contributed by atoms with van der Waals surface area (Å²) in [5, 5.41) is 9.98. The SMILES string of the molecule is Cn1cc(NC(=O)NCC2(N3CCOCC3)CCCCC2)cn1. The molecule has 2 heterocycles. The van der Waals surface area contributed by atoms with Gasteiger partial charge in [0, 0.05) is 38.4 Å². The van der Waals surface area contributed by atoms with Crippen LogP contribution in [0.4, 0.5) is 10.5 Å². The van der Waals surface area contributed by atoms with Crippen LogP contribution in [0.15, 0.2) is 12.4 Å². The van der Waals surface area contributed by atoms with Crippen molar-refractivity contribution in [3.8, 4) is 0 Å². The third-order valence-corrected chi connectivity index (χ3v) is 5.01. The Labute approximate surface area is 137 Å². The molecular weight excluding hydrogens is 294 g/mol. The number of nitrogens with zero attached hydrogens (tertiary/aromatic N) is 3. The van der Waals surface area contributed by atoms with Crippen LogP contribution in [-0.4, -0.2) is 59.1 Å². The maximum Gasteiger partial charge on any atom is 0.319 e. The van der Waals surface area contributed by atoms with Crippen molar-refractivity contribution >= 4 is 11.7 Å². The number of aryl methyl sites for hydroxylation is 1. The summed E-state index contributed by atoms with van der Waals surface area (Å²) < 4.78 is 7.16. The van der Waals surface area contributed by atoms with Gasteiger partial charge >= 0.3 is 6.03 Å². The Morgan fingerprint density at radius 3 is 2.70 bits per heavy atom. The summed E-state index contributed by atoms with van der Waals surface area (Å²) >= 11 is 0. The van der Waals surface area contributed by atoms with Crippen LogP contribution in [-0.2, 0) is 11.8 Å². The Kier molecular flexibility index (Phi) is 5.17. The molecule has 2 fully saturated rings. The molecule has 0 unspecified atom stereocenters. The monoisotopic (exact) mass is 321 g/mol. The Morgan fingerprint density at radius 1 is 1.30 bits per heavy atom. The fourth-order valence-electron chi connectivity index (χ4n) is 3.76. The number of carbonyl (C=O) groups is 1. The Balaban J connectivity index is 1.58. The lowest BCUT2D eigenvalue weighted by Crippen LogP contribution is -2.60. The predicted octanol–water partition coefficient (Wildman–Crippen LogP) is 1.58. The molecule has 0 radical (unpaired) electrons. The van der Waals surface area contributed by atoms with Gasteiger partial charge in [-0.05, 0) is 12.8 Å². The fraction of sp³-hybridized carbons (Fsp3) is 0.750. The highest BCUT2D eigenvalue weighted by molar-refractivity contribution is 5.88. The van der Waals surface area contributed by atoms with Gasteiger partial charge in [0.25, 0.3) is 0 Å². The third kappa shape index (κ3) is 4.03. The Bertz CT molecular complexity index is 518. The average Bonchev–Trinajstić information content (AvgIpc) is 2.99. The molecule has 128 valence electrons. The number of rotatable bonds is 4. The van der Waals surface area contributed by atoms with E-state index in [4.69, 9.17) is 4.74 Å². The first-order valence-corrected chi connectivity index (χ1v) is 8.54. The Hall–Kier alpha value is -1.60. The van der Waals surface area contributed by atoms with E-state index < -0.39 is 0 Å². The zero-order chi connectivity index (χ0) is 16.1. The van der Waals surface area contributed by atoms with Crippen molar-refractivity contribution in [3.05, 3.63) is 12.4 Å². The molecule has 2 amide bonds. The number of nitrogens with one attached hydrogen (secondary N) is 2. The van der Waals surface area contributed by atoms with Gasteiger partial charge in [0.2, 0.25) is 0 Å². The van der Waals surface area contributed by atoms with E-state index in [1.54, 1.807) is 17.1 Å². The minimum absolute atomic E-state index is 0.0916. The number of amides is 2. The van der Waals surface area contributed by atoms with Gasteiger partial charge in [-0.1, -0.05) is 19.3 Å². The molecule has 1 saturated carbocycles. The minimum atomic E-state index is -0.156. The molecule has 0 atom stereocenters. The summed E-state index contributed by atoms with van der Waals surface area (Å²) in [6.45, 7) is 4.21. The van der Waals surface area contributed by atoms with E-state index in [1.165, 1.54) is 19.3 Å². The van der Waals surface area contributed by atoms with Gasteiger partial charge in [-0.15, -0.1) is 0 Å². The molecule has 3 rings (SSSR count). The van der Waals surface area contributed by atoms with Crippen LogP contribution in [0, 0.1) is 0 Å². The number of hydrogen-bond donors (Lipinski definition) is 2. The Morgan fingerprint density at radius 2 is 2.04 bits per heavy atom. The lowest BCUT2D eigenvalue weighted by Gasteiger charge is -2.48. The highest BCUT2D eigenvalue weighted by Crippen LogP contribution is 2.33. The predicted molar refractivity (Wildman–Crippen MR) is 88.4 cm³/mol. The smallest absolute Gasteiger partial charge is 0.319 e. The molecule has 1 saturated heterocycles. The molecule has 1 aromatic rings. The normalized spacial score (nSPS) is 21.8. The average molecular weight is 321 g/mol. The summed E-state index contributed by atoms with van der Waals surface area (Å²) in [7, 11) is 1.83. The summed E-state index contributed by atoms with van der Waals surface area (Å²) in [4.78, 5) is 14.7. The molecule has 1 aromatic heterocycles. The van der Waals surface area contributed by atoms with Crippen molar-refractivity contribution in [1.82, 2.24) is 20.0 Å². The molecular formula is C16H27N5O2. The second-order valence-corrected chi connectivity index (χ2v) is 6.59. The molecule has 0 bridgehead atoms. The van der Waals surface area contributed by atoms with Gasteiger partial charge in [0.15, 0.2) is 0 Å². The molecule has 1 aliphatic heterocycles. The van der Waals surface area contributed by atoms with Crippen molar-refractivity contribution < 1.29 is 9.53 Å². The van der Waals surface area contributed by atoms with Gasteiger partial charge in [0.1, 0.15) is 0 Å². The van der Waals surface area contributed by atoms with Gasteiger partial charge in [-0.25, -0.2) is 4.79 Å². The van der Waals surface area contributed by atoms with Crippen LogP contribution in [0.5, 0.6) is 0 Å². The number of carbonyl (C=O) groups excluding carboxylic acids is 1. The van der Waals surface area contributed by atoms with E-state index >= 15 is 0 Å². The minimum Gasteiger partial charge on any atom is -0.379 e. The summed E-state index contributed by atoms with van der Waals surface area (Å²) in [6, 6.07) is -0.156. The van der Waals surface area contributed by atoms with Crippen molar-refractivity contribution in [2.45, 2.75) is 37.6 Å². The van der Waals surface area contributed by atoms with E-state index in [1.807, 2.05) is 7.05 Å². The molecule has 23 heavy (non-hydrogen) atoms. The van der Waals surface area contributed by atoms with Gasteiger partial charge in [-0.3, -0.25) is 9.58 Å². The van der Waals surface area contributed by atoms with E-state index in [-0.39, 0.29) is 11.6 Å². The van der Waals surface area contributed by atoms with E-state index in [0.29, 0.717) is 12.2 Å². The quantitative estimate of drug-likeness (QED) is 0.883. The standard InChI is InChI=1S/C16H27N5O2/c1-20-12-14(11-18-20)19-15(22)17-13-16(5-3-2-4-6-16)21-7-9-23-10-8-21/h11-12H,2-10,13H2,1H3,(H2,17,19,22). The van der Waals surface area contributed by atoms with E-state index in [9.17, 15) is 4.79 Å². The van der Waals surface area contributed by atoms with Crippen molar-refractivity contribution in [2.75, 3.05) is 38.2 Å². The van der Waals surface area contributed by atoms with Gasteiger partial charge in [-0.2, -0.15) is 5.10 Å². The fourth-order valence-corrected chi connectivity index (χ4v) is 3.76. The molecule has 0 spiro atoms. The van der Waals surface area contributed by atoms with Crippen LogP contribution < -0.4 is 10.6 Å². The van der Waals surface area contributed by atoms with Crippen molar-refractivity contribution in [3.63, 3.8) is 0 Å². The highest BCUT2D eigenvalue weighted by atomic mass is 16.5. The number of anilines is 1. The number of hydrogen-bond acceptors (Lipinski definition) is 4. The van der Waals surface area contributed by atoms with Crippen LogP contribution in [0.1, 0.15) is 32.1 Å². The van der Waals surface area contributed by atoms with Crippen LogP contribution in [0.25, 0.3) is 0 Å². The van der Waals surface area contributed by atoms with E-state index in [0.717, 1.165) is 39.1 Å². The summed E-state index contributed by atoms with van der Waals surface area (Å²) in [5.74, 6) is 0. The zero-order valence-electron chi connectivity index (χ0n) is 13.9. The maximum absolute atomic E-state index is 12.2. The molecule has 1 aliphatic carbocycles. The molecule has 2 N–H and O–H groups in total. The topological polar surface area (TPSA) is 71.4 Å². The number of ether oxygens (including phenoxy) is 1. The van der Waals surface area contributed by atoms with Crippen molar-refractivity contribution in [2.24, 2.45) is 7.05 Å². The van der Waals surface area contributed by atoms with E-state index in [2.05, 4.69) is 20.6 Å². The first-order chi connectivity index (χ1) is 11.2. The largest absolute Gasteiger partial charge is 0.379 e. The van der Waals surface area contributed by atoms with Gasteiger partial charge < -0.3 is 15.4 Å². The van der Waals surface area contributed by atoms with Crippen molar-refractivity contribution in [1.29, 1.82) is 0 Å². The number of aromatic nitrogens is 2. The maximum atomic E-state index is 12.2.